The van der Waals surface area contributed by atoms with E-state index in [0.717, 1.165) is 6.20 Å². The lowest BCUT2D eigenvalue weighted by Gasteiger charge is -2.32. The molecule has 11 nitrogen and oxygen atoms in total. The zero-order valence-electron chi connectivity index (χ0n) is 18.3. The summed E-state index contributed by atoms with van der Waals surface area (Å²) in [6, 6.07) is 7.35. The van der Waals surface area contributed by atoms with Gasteiger partial charge in [0.25, 0.3) is 5.91 Å². The van der Waals surface area contributed by atoms with Gasteiger partial charge >= 0.3 is 19.4 Å². The Morgan fingerprint density at radius 2 is 2.00 bits per heavy atom. The maximum absolute atomic E-state index is 15.1. The van der Waals surface area contributed by atoms with E-state index < -0.39 is 56.5 Å². The maximum Gasteiger partial charge on any atom is 0.475 e. The molecule has 2 aromatic rings. The first-order chi connectivity index (χ1) is 16.0. The average molecular weight is 501 g/mol. The van der Waals surface area contributed by atoms with E-state index in [1.54, 1.807) is 26.0 Å². The first-order valence-electron chi connectivity index (χ1n) is 10.2. The van der Waals surface area contributed by atoms with Crippen molar-refractivity contribution < 1.29 is 41.2 Å². The van der Waals surface area contributed by atoms with Gasteiger partial charge < -0.3 is 14.8 Å². The highest BCUT2D eigenvalue weighted by atomic mass is 31.2. The number of phosphoric ester groups is 1. The summed E-state index contributed by atoms with van der Waals surface area (Å²) in [5.41, 5.74) is -0.829. The van der Waals surface area contributed by atoms with Gasteiger partial charge in [0.2, 0.25) is 6.23 Å². The van der Waals surface area contributed by atoms with Crippen molar-refractivity contribution in [2.45, 2.75) is 44.3 Å². The molecule has 0 bridgehead atoms. The maximum atomic E-state index is 15.1. The highest BCUT2D eigenvalue weighted by Crippen LogP contribution is 2.60. The second kappa shape index (κ2) is 9.16. The molecule has 0 spiro atoms. The first-order valence-corrected chi connectivity index (χ1v) is 11.7. The number of amides is 1. The number of carbonyl (C=O) groups excluding carboxylic acids is 1. The van der Waals surface area contributed by atoms with Crippen LogP contribution in [-0.4, -0.2) is 53.4 Å². The number of alkyl halides is 2. The van der Waals surface area contributed by atoms with Crippen molar-refractivity contribution in [3.05, 3.63) is 52.6 Å². The topological polar surface area (TPSA) is 127 Å². The largest absolute Gasteiger partial charge is 0.497 e. The van der Waals surface area contributed by atoms with Gasteiger partial charge in [-0.25, -0.2) is 9.36 Å². The van der Waals surface area contributed by atoms with E-state index in [1.165, 1.54) is 25.3 Å². The summed E-state index contributed by atoms with van der Waals surface area (Å²) < 4.78 is 68.7. The third-order valence-corrected chi connectivity index (χ3v) is 6.64. The van der Waals surface area contributed by atoms with Gasteiger partial charge in [0.05, 0.1) is 19.8 Å². The molecular formula is C20H22F2N3O8P. The number of ether oxygens (including phenoxy) is 2. The molecule has 2 aliphatic rings. The monoisotopic (exact) mass is 501 g/mol. The predicted molar refractivity (Wildman–Crippen MR) is 113 cm³/mol. The van der Waals surface area contributed by atoms with Crippen molar-refractivity contribution >= 4 is 19.5 Å². The van der Waals surface area contributed by atoms with Crippen LogP contribution in [0.5, 0.6) is 5.75 Å². The molecule has 2 aliphatic heterocycles. The summed E-state index contributed by atoms with van der Waals surface area (Å²) in [7, 11) is -2.74. The van der Waals surface area contributed by atoms with Crippen LogP contribution >= 0.6 is 7.82 Å². The van der Waals surface area contributed by atoms with Gasteiger partial charge in [0, 0.05) is 11.8 Å². The van der Waals surface area contributed by atoms with Gasteiger partial charge in [-0.2, -0.15) is 13.8 Å². The van der Waals surface area contributed by atoms with Crippen LogP contribution in [0.2, 0.25) is 0 Å². The van der Waals surface area contributed by atoms with Gasteiger partial charge in [-0.05, 0) is 44.2 Å². The molecule has 1 aromatic heterocycles. The molecule has 1 aromatic carbocycles. The van der Waals surface area contributed by atoms with E-state index in [4.69, 9.17) is 23.0 Å². The van der Waals surface area contributed by atoms with Crippen molar-refractivity contribution in [1.82, 2.24) is 9.55 Å². The predicted octanol–water partition coefficient (Wildman–Crippen LogP) is 2.99. The van der Waals surface area contributed by atoms with Gasteiger partial charge in [0.1, 0.15) is 17.7 Å². The Labute approximate surface area is 192 Å². The fraction of sp³-hybridized carbons (Fsp3) is 0.450. The highest BCUT2D eigenvalue weighted by Gasteiger charge is 2.65. The van der Waals surface area contributed by atoms with Gasteiger partial charge in [-0.3, -0.25) is 22.9 Å². The third kappa shape index (κ3) is 4.75. The van der Waals surface area contributed by atoms with Gasteiger partial charge in [0.15, 0.2) is 6.10 Å². The Kier molecular flexibility index (Phi) is 6.58. The van der Waals surface area contributed by atoms with E-state index in [9.17, 15) is 14.2 Å². The normalized spacial score (nSPS) is 27.9. The van der Waals surface area contributed by atoms with Crippen LogP contribution in [0.3, 0.4) is 0 Å². The van der Waals surface area contributed by atoms with Crippen LogP contribution in [0, 0.1) is 0 Å². The SMILES string of the molecule is COc1ccc(C(=O)Nc2ccn(C3O[C@@H]4COP(=O)(OC(C)C)O[C@H]4C3(F)F)c(=O)n2)cc1. The van der Waals surface area contributed by atoms with Crippen LogP contribution in [0.1, 0.15) is 30.4 Å². The van der Waals surface area contributed by atoms with Crippen molar-refractivity contribution in [1.29, 1.82) is 0 Å². The molecule has 2 unspecified atom stereocenters. The number of carbonyl (C=O) groups is 1. The summed E-state index contributed by atoms with van der Waals surface area (Å²) in [5, 5.41) is 2.42. The lowest BCUT2D eigenvalue weighted by molar-refractivity contribution is -0.139. The average Bonchev–Trinajstić information content (AvgIpc) is 3.03. The fourth-order valence-electron chi connectivity index (χ4n) is 3.47. The molecule has 4 rings (SSSR count). The number of nitrogens with one attached hydrogen (secondary N) is 1. The van der Waals surface area contributed by atoms with Crippen molar-refractivity contribution in [2.75, 3.05) is 19.0 Å². The van der Waals surface area contributed by atoms with Gasteiger partial charge in [-0.1, -0.05) is 0 Å². The molecule has 34 heavy (non-hydrogen) atoms. The molecule has 1 amide bonds. The number of fused-ring (bicyclic) bond motifs is 1. The molecule has 14 heteroatoms. The molecule has 3 heterocycles. The van der Waals surface area contributed by atoms with Crippen LogP contribution in [0.25, 0.3) is 0 Å². The molecule has 0 radical (unpaired) electrons. The van der Waals surface area contributed by atoms with Crippen LogP contribution in [0.4, 0.5) is 14.6 Å². The number of halogens is 2. The molecule has 2 fully saturated rings. The Balaban J connectivity index is 1.51. The standard InChI is InChI=1S/C20H22F2N3O8P/c1-11(2)32-34(28)30-10-14-16(33-34)20(21,22)18(31-14)25-9-8-15(24-19(25)27)23-17(26)12-4-6-13(29-3)7-5-12/h4-9,11,14,16,18H,10H2,1-3H3,(H,23,24,26,27)/t14-,16-,18?,34?/m1/s1. The molecule has 4 atom stereocenters. The third-order valence-electron chi connectivity index (χ3n) is 5.01. The minimum atomic E-state index is -4.23. The number of hydrogen-bond donors (Lipinski definition) is 1. The van der Waals surface area contributed by atoms with Crippen LogP contribution in [-0.2, 0) is 22.9 Å². The number of phosphoric acid groups is 1. The fourth-order valence-corrected chi connectivity index (χ4v) is 5.04. The molecular weight excluding hydrogens is 479 g/mol. The molecule has 184 valence electrons. The molecule has 2 saturated heterocycles. The number of hydrogen-bond acceptors (Lipinski definition) is 9. The summed E-state index contributed by atoms with van der Waals surface area (Å²) in [6.07, 6.45) is -4.93. The summed E-state index contributed by atoms with van der Waals surface area (Å²) >= 11 is 0. The van der Waals surface area contributed by atoms with E-state index >= 15 is 8.78 Å². The molecule has 1 N–H and O–H groups in total. The number of benzene rings is 1. The number of nitrogens with zero attached hydrogens (tertiary/aromatic N) is 2. The molecule has 0 saturated carbocycles. The Bertz CT molecular complexity index is 1170. The summed E-state index contributed by atoms with van der Waals surface area (Å²) in [5.74, 6) is -3.91. The quantitative estimate of drug-likeness (QED) is 0.595. The van der Waals surface area contributed by atoms with Gasteiger partial charge in [-0.15, -0.1) is 0 Å². The summed E-state index contributed by atoms with van der Waals surface area (Å²) in [4.78, 5) is 28.5. The van der Waals surface area contributed by atoms with Crippen molar-refractivity contribution in [2.24, 2.45) is 0 Å². The minimum absolute atomic E-state index is 0.143. The van der Waals surface area contributed by atoms with Crippen molar-refractivity contribution in [3.63, 3.8) is 0 Å². The zero-order valence-corrected chi connectivity index (χ0v) is 19.2. The van der Waals surface area contributed by atoms with E-state index in [2.05, 4.69) is 10.3 Å². The van der Waals surface area contributed by atoms with E-state index in [-0.39, 0.29) is 11.4 Å². The highest BCUT2D eigenvalue weighted by molar-refractivity contribution is 7.48. The zero-order chi connectivity index (χ0) is 24.7. The Hall–Kier alpha value is -2.70. The van der Waals surface area contributed by atoms with Crippen molar-refractivity contribution in [3.8, 4) is 5.75 Å². The minimum Gasteiger partial charge on any atom is -0.497 e. The van der Waals surface area contributed by atoms with E-state index in [0.29, 0.717) is 10.3 Å². The number of aromatic nitrogens is 2. The molecule has 0 aliphatic carbocycles. The Morgan fingerprint density at radius 1 is 1.29 bits per heavy atom. The second-order valence-corrected chi connectivity index (χ2v) is 9.38. The number of rotatable bonds is 6. The lowest BCUT2D eigenvalue weighted by atomic mass is 10.1. The smallest absolute Gasteiger partial charge is 0.475 e. The van der Waals surface area contributed by atoms with Crippen LogP contribution < -0.4 is 15.7 Å². The van der Waals surface area contributed by atoms with E-state index in [1.807, 2.05) is 0 Å². The Morgan fingerprint density at radius 3 is 2.62 bits per heavy atom. The lowest BCUT2D eigenvalue weighted by Crippen LogP contribution is -2.45. The first kappa shape index (κ1) is 24.4. The number of anilines is 1. The second-order valence-electron chi connectivity index (χ2n) is 7.81. The summed E-state index contributed by atoms with van der Waals surface area (Å²) in [6.45, 7) is 2.62. The number of methoxy groups -OCH3 is 1. The van der Waals surface area contributed by atoms with Crippen LogP contribution in [0.15, 0.2) is 41.3 Å².